The van der Waals surface area contributed by atoms with Crippen LogP contribution in [0.1, 0.15) is 5.56 Å². The molecular weight excluding hydrogens is 144 g/mol. The number of phenols is 1. The van der Waals surface area contributed by atoms with Crippen molar-refractivity contribution in [3.8, 4) is 5.75 Å². The summed E-state index contributed by atoms with van der Waals surface area (Å²) >= 11 is 0. The first-order valence-electron chi connectivity index (χ1n) is 3.32. The van der Waals surface area contributed by atoms with E-state index in [2.05, 4.69) is 0 Å². The zero-order chi connectivity index (χ0) is 8.27. The van der Waals surface area contributed by atoms with Gasteiger partial charge in [-0.25, -0.2) is 0 Å². The third kappa shape index (κ3) is 2.57. The Hall–Kier alpha value is -1.06. The molecule has 60 valence electrons. The van der Waals surface area contributed by atoms with Gasteiger partial charge in [-0.3, -0.25) is 0 Å². The van der Waals surface area contributed by atoms with Crippen molar-refractivity contribution in [3.05, 3.63) is 29.8 Å². The highest BCUT2D eigenvalue weighted by atomic mass is 16.5. The number of rotatable bonds is 2. The van der Waals surface area contributed by atoms with Crippen molar-refractivity contribution >= 4 is 0 Å². The summed E-state index contributed by atoms with van der Waals surface area (Å²) in [6.07, 6.45) is -1.20. The predicted molar refractivity (Wildman–Crippen MR) is 40.0 cm³/mol. The van der Waals surface area contributed by atoms with E-state index in [9.17, 15) is 0 Å². The molecule has 0 radical (unpaired) electrons. The van der Waals surface area contributed by atoms with Gasteiger partial charge in [-0.2, -0.15) is 0 Å². The van der Waals surface area contributed by atoms with Crippen molar-refractivity contribution in [1.29, 1.82) is 0 Å². The van der Waals surface area contributed by atoms with E-state index < -0.39 is 6.29 Å². The minimum absolute atomic E-state index is 0.142. The Kier molecular flexibility index (Phi) is 2.46. The molecule has 0 aliphatic carbocycles. The van der Waals surface area contributed by atoms with E-state index >= 15 is 0 Å². The summed E-state index contributed by atoms with van der Waals surface area (Å²) < 4.78 is 0. The van der Waals surface area contributed by atoms with Gasteiger partial charge in [0.1, 0.15) is 5.75 Å². The fourth-order valence-corrected chi connectivity index (χ4v) is 0.894. The fourth-order valence-electron chi connectivity index (χ4n) is 0.894. The van der Waals surface area contributed by atoms with Gasteiger partial charge < -0.3 is 15.3 Å². The largest absolute Gasteiger partial charge is 0.508 e. The number of hydrogen-bond donors (Lipinski definition) is 3. The summed E-state index contributed by atoms with van der Waals surface area (Å²) in [7, 11) is 0. The highest BCUT2D eigenvalue weighted by Gasteiger charge is 1.99. The molecule has 1 aromatic carbocycles. The average molecular weight is 154 g/mol. The molecular formula is C8H10O3. The molecule has 0 aliphatic heterocycles. The van der Waals surface area contributed by atoms with E-state index in [1.54, 1.807) is 12.1 Å². The molecule has 0 heterocycles. The lowest BCUT2D eigenvalue weighted by Gasteiger charge is -2.02. The van der Waals surface area contributed by atoms with Gasteiger partial charge in [0.05, 0.1) is 0 Å². The quantitative estimate of drug-likeness (QED) is 0.535. The zero-order valence-electron chi connectivity index (χ0n) is 5.94. The number of hydrogen-bond acceptors (Lipinski definition) is 3. The van der Waals surface area contributed by atoms with Crippen molar-refractivity contribution in [3.63, 3.8) is 0 Å². The van der Waals surface area contributed by atoms with Gasteiger partial charge in [-0.1, -0.05) is 12.1 Å². The molecule has 0 aromatic heterocycles. The Morgan fingerprint density at radius 2 is 2.00 bits per heavy atom. The SMILES string of the molecule is Oc1cccc(CC(O)O)c1. The Bertz CT molecular complexity index is 233. The summed E-state index contributed by atoms with van der Waals surface area (Å²) in [4.78, 5) is 0. The second kappa shape index (κ2) is 3.37. The molecule has 1 rings (SSSR count). The minimum atomic E-state index is -1.35. The van der Waals surface area contributed by atoms with Crippen molar-refractivity contribution in [2.45, 2.75) is 12.7 Å². The van der Waals surface area contributed by atoms with E-state index in [1.165, 1.54) is 12.1 Å². The highest BCUT2D eigenvalue weighted by Crippen LogP contribution is 2.11. The first-order valence-corrected chi connectivity index (χ1v) is 3.32. The summed E-state index contributed by atoms with van der Waals surface area (Å²) in [5.74, 6) is 0.142. The second-order valence-electron chi connectivity index (χ2n) is 2.35. The highest BCUT2D eigenvalue weighted by molar-refractivity contribution is 5.27. The summed E-state index contributed by atoms with van der Waals surface area (Å²) in [5, 5.41) is 26.1. The van der Waals surface area contributed by atoms with Crippen LogP contribution in [0.3, 0.4) is 0 Å². The smallest absolute Gasteiger partial charge is 0.155 e. The van der Waals surface area contributed by atoms with Gasteiger partial charge in [-0.15, -0.1) is 0 Å². The number of aromatic hydroxyl groups is 1. The van der Waals surface area contributed by atoms with E-state index in [-0.39, 0.29) is 12.2 Å². The van der Waals surface area contributed by atoms with Crippen LogP contribution in [0.2, 0.25) is 0 Å². The molecule has 3 nitrogen and oxygen atoms in total. The lowest BCUT2D eigenvalue weighted by atomic mass is 10.1. The maximum atomic E-state index is 8.96. The Morgan fingerprint density at radius 3 is 2.55 bits per heavy atom. The lowest BCUT2D eigenvalue weighted by molar-refractivity contribution is -0.0381. The monoisotopic (exact) mass is 154 g/mol. The Morgan fingerprint density at radius 1 is 1.27 bits per heavy atom. The molecule has 3 heteroatoms. The molecule has 0 fully saturated rings. The molecule has 3 N–H and O–H groups in total. The molecule has 0 saturated heterocycles. The molecule has 0 saturated carbocycles. The van der Waals surface area contributed by atoms with E-state index in [0.717, 1.165) is 0 Å². The van der Waals surface area contributed by atoms with Crippen LogP contribution in [0.4, 0.5) is 0 Å². The maximum Gasteiger partial charge on any atom is 0.155 e. The second-order valence-corrected chi connectivity index (χ2v) is 2.35. The van der Waals surface area contributed by atoms with Crippen molar-refractivity contribution in [2.75, 3.05) is 0 Å². The molecule has 0 bridgehead atoms. The molecule has 0 amide bonds. The predicted octanol–water partition coefficient (Wildman–Crippen LogP) is 0.245. The van der Waals surface area contributed by atoms with Gasteiger partial charge in [0.15, 0.2) is 6.29 Å². The first-order chi connectivity index (χ1) is 5.18. The van der Waals surface area contributed by atoms with Crippen molar-refractivity contribution in [2.24, 2.45) is 0 Å². The van der Waals surface area contributed by atoms with Crippen LogP contribution in [0.15, 0.2) is 24.3 Å². The molecule has 1 aromatic rings. The van der Waals surface area contributed by atoms with Crippen LogP contribution >= 0.6 is 0 Å². The molecule has 11 heavy (non-hydrogen) atoms. The fraction of sp³-hybridized carbons (Fsp3) is 0.250. The zero-order valence-corrected chi connectivity index (χ0v) is 5.94. The molecule has 0 atom stereocenters. The van der Waals surface area contributed by atoms with Crippen LogP contribution in [-0.4, -0.2) is 21.6 Å². The van der Waals surface area contributed by atoms with Crippen LogP contribution in [0.25, 0.3) is 0 Å². The minimum Gasteiger partial charge on any atom is -0.508 e. The third-order valence-corrected chi connectivity index (χ3v) is 1.33. The van der Waals surface area contributed by atoms with E-state index in [4.69, 9.17) is 15.3 Å². The molecule has 0 unspecified atom stereocenters. The normalized spacial score (nSPS) is 10.5. The Balaban J connectivity index is 2.71. The van der Waals surface area contributed by atoms with Crippen LogP contribution in [-0.2, 0) is 6.42 Å². The van der Waals surface area contributed by atoms with Gasteiger partial charge in [-0.05, 0) is 17.7 Å². The van der Waals surface area contributed by atoms with Gasteiger partial charge in [0, 0.05) is 6.42 Å². The average Bonchev–Trinajstić information content (AvgIpc) is 1.85. The van der Waals surface area contributed by atoms with Crippen molar-refractivity contribution in [1.82, 2.24) is 0 Å². The van der Waals surface area contributed by atoms with Gasteiger partial charge >= 0.3 is 0 Å². The van der Waals surface area contributed by atoms with E-state index in [0.29, 0.717) is 5.56 Å². The van der Waals surface area contributed by atoms with Gasteiger partial charge in [0.2, 0.25) is 0 Å². The van der Waals surface area contributed by atoms with E-state index in [1.807, 2.05) is 0 Å². The number of phenolic OH excluding ortho intramolecular Hbond substituents is 1. The van der Waals surface area contributed by atoms with Crippen LogP contribution < -0.4 is 0 Å². The van der Waals surface area contributed by atoms with Crippen LogP contribution in [0.5, 0.6) is 5.75 Å². The third-order valence-electron chi connectivity index (χ3n) is 1.33. The number of aliphatic hydroxyl groups excluding tert-OH is 1. The lowest BCUT2D eigenvalue weighted by Crippen LogP contribution is -2.07. The number of benzene rings is 1. The molecule has 0 spiro atoms. The summed E-state index contributed by atoms with van der Waals surface area (Å²) in [5.41, 5.74) is 0.708. The summed E-state index contributed by atoms with van der Waals surface area (Å²) in [6.45, 7) is 0. The first kappa shape index (κ1) is 8.04. The van der Waals surface area contributed by atoms with Crippen molar-refractivity contribution < 1.29 is 15.3 Å². The van der Waals surface area contributed by atoms with Crippen LogP contribution in [0, 0.1) is 0 Å². The topological polar surface area (TPSA) is 60.7 Å². The Labute approximate surface area is 64.5 Å². The summed E-state index contributed by atoms with van der Waals surface area (Å²) in [6, 6.07) is 6.42. The standard InChI is InChI=1S/C8H10O3/c9-7-3-1-2-6(4-7)5-8(10)11/h1-4,8-11H,5H2. The number of aliphatic hydroxyl groups is 2. The maximum absolute atomic E-state index is 8.96. The van der Waals surface area contributed by atoms with Gasteiger partial charge in [0.25, 0.3) is 0 Å². The molecule has 0 aliphatic rings.